The molecular weight excluding hydrogens is 246 g/mol. The maximum Gasteiger partial charge on any atom is 0.315 e. The van der Waals surface area contributed by atoms with Crippen LogP contribution >= 0.6 is 12.2 Å². The van der Waals surface area contributed by atoms with E-state index in [0.29, 0.717) is 18.1 Å². The Bertz CT molecular complexity index is 420. The van der Waals surface area contributed by atoms with Crippen LogP contribution in [0.25, 0.3) is 0 Å². The first-order chi connectivity index (χ1) is 8.63. The zero-order valence-corrected chi connectivity index (χ0v) is 11.3. The number of urea groups is 1. The van der Waals surface area contributed by atoms with E-state index in [0.717, 1.165) is 24.0 Å². The molecule has 2 amide bonds. The minimum absolute atomic E-state index is 0.149. The molecule has 0 saturated carbocycles. The Morgan fingerprint density at radius 1 is 1.39 bits per heavy atom. The molecule has 0 atom stereocenters. The first kappa shape index (κ1) is 14.4. The number of carbonyl (C=O) groups excluding carboxylic acids is 1. The predicted molar refractivity (Wildman–Crippen MR) is 77.5 cm³/mol. The molecular formula is C13H19N3OS. The molecule has 1 rings (SSSR count). The fraction of sp³-hybridized carbons (Fsp3) is 0.385. The molecule has 0 saturated heterocycles. The molecule has 4 N–H and O–H groups in total. The van der Waals surface area contributed by atoms with Gasteiger partial charge in [-0.2, -0.15) is 0 Å². The summed E-state index contributed by atoms with van der Waals surface area (Å²) < 4.78 is 0. The maximum atomic E-state index is 11.4. The lowest BCUT2D eigenvalue weighted by Crippen LogP contribution is -2.35. The van der Waals surface area contributed by atoms with Crippen LogP contribution in [0.1, 0.15) is 30.9 Å². The minimum Gasteiger partial charge on any atom is -0.389 e. The third kappa shape index (κ3) is 5.14. The third-order valence-corrected chi connectivity index (χ3v) is 2.72. The highest BCUT2D eigenvalue weighted by Crippen LogP contribution is 2.04. The second-order valence-electron chi connectivity index (χ2n) is 4.03. The van der Waals surface area contributed by atoms with Crippen molar-refractivity contribution in [2.24, 2.45) is 5.73 Å². The minimum atomic E-state index is -0.149. The number of hydrogen-bond donors (Lipinski definition) is 3. The van der Waals surface area contributed by atoms with E-state index < -0.39 is 0 Å². The van der Waals surface area contributed by atoms with Gasteiger partial charge in [-0.1, -0.05) is 43.8 Å². The van der Waals surface area contributed by atoms with Crippen molar-refractivity contribution in [1.82, 2.24) is 10.6 Å². The summed E-state index contributed by atoms with van der Waals surface area (Å²) in [6.07, 6.45) is 2.06. The number of hydrogen-bond acceptors (Lipinski definition) is 2. The van der Waals surface area contributed by atoms with E-state index in [-0.39, 0.29) is 6.03 Å². The lowest BCUT2D eigenvalue weighted by molar-refractivity contribution is 0.240. The smallest absolute Gasteiger partial charge is 0.315 e. The lowest BCUT2D eigenvalue weighted by atomic mass is 10.1. The summed E-state index contributed by atoms with van der Waals surface area (Å²) in [5, 5.41) is 5.58. The van der Waals surface area contributed by atoms with Gasteiger partial charge in [0.05, 0.1) is 0 Å². The van der Waals surface area contributed by atoms with Gasteiger partial charge in [-0.05, 0) is 18.1 Å². The summed E-state index contributed by atoms with van der Waals surface area (Å²) in [6, 6.07) is 7.39. The van der Waals surface area contributed by atoms with Gasteiger partial charge in [-0.25, -0.2) is 4.79 Å². The van der Waals surface area contributed by atoms with Gasteiger partial charge in [0.1, 0.15) is 4.99 Å². The van der Waals surface area contributed by atoms with Crippen LogP contribution in [-0.4, -0.2) is 17.6 Å². The highest BCUT2D eigenvalue weighted by atomic mass is 32.1. The highest BCUT2D eigenvalue weighted by molar-refractivity contribution is 7.80. The molecule has 0 aliphatic heterocycles. The number of nitrogens with two attached hydrogens (primary N) is 1. The number of unbranched alkanes of at least 4 members (excludes halogenated alkanes) is 1. The summed E-state index contributed by atoms with van der Waals surface area (Å²) >= 11 is 4.91. The Labute approximate surface area is 113 Å². The monoisotopic (exact) mass is 265 g/mol. The van der Waals surface area contributed by atoms with E-state index >= 15 is 0 Å². The first-order valence-electron chi connectivity index (χ1n) is 6.04. The van der Waals surface area contributed by atoms with Crippen molar-refractivity contribution in [2.45, 2.75) is 26.3 Å². The SMILES string of the molecule is CCCCNC(=O)NCc1cccc(C(N)=S)c1. The van der Waals surface area contributed by atoms with Crippen molar-refractivity contribution >= 4 is 23.2 Å². The van der Waals surface area contributed by atoms with Crippen LogP contribution in [0.3, 0.4) is 0 Å². The number of rotatable bonds is 6. The molecule has 0 spiro atoms. The molecule has 0 aliphatic carbocycles. The topological polar surface area (TPSA) is 67.2 Å². The van der Waals surface area contributed by atoms with Crippen molar-refractivity contribution in [2.75, 3.05) is 6.54 Å². The quantitative estimate of drug-likeness (QED) is 0.544. The molecule has 0 radical (unpaired) electrons. The molecule has 4 nitrogen and oxygen atoms in total. The van der Waals surface area contributed by atoms with Gasteiger partial charge in [-0.15, -0.1) is 0 Å². The summed E-state index contributed by atoms with van der Waals surface area (Å²) in [6.45, 7) is 3.25. The van der Waals surface area contributed by atoms with E-state index in [1.54, 1.807) is 0 Å². The van der Waals surface area contributed by atoms with Gasteiger partial charge in [0.2, 0.25) is 0 Å². The summed E-state index contributed by atoms with van der Waals surface area (Å²) in [5.74, 6) is 0. The second-order valence-corrected chi connectivity index (χ2v) is 4.47. The molecule has 0 fully saturated rings. The standard InChI is InChI=1S/C13H19N3OS/c1-2-3-7-15-13(17)16-9-10-5-4-6-11(8-10)12(14)18/h4-6,8H,2-3,7,9H2,1H3,(H2,14,18)(H2,15,16,17). The van der Waals surface area contributed by atoms with Gasteiger partial charge in [0.25, 0.3) is 0 Å². The molecule has 0 heterocycles. The molecule has 0 aliphatic rings. The van der Waals surface area contributed by atoms with Crippen molar-refractivity contribution < 1.29 is 4.79 Å². The van der Waals surface area contributed by atoms with Gasteiger partial charge >= 0.3 is 6.03 Å². The Morgan fingerprint density at radius 2 is 2.17 bits per heavy atom. The highest BCUT2D eigenvalue weighted by Gasteiger charge is 2.01. The summed E-state index contributed by atoms with van der Waals surface area (Å²) in [4.78, 5) is 11.8. The van der Waals surface area contributed by atoms with Gasteiger partial charge in [-0.3, -0.25) is 0 Å². The van der Waals surface area contributed by atoms with Crippen LogP contribution in [0, 0.1) is 0 Å². The molecule has 0 aromatic heterocycles. The van der Waals surface area contributed by atoms with Gasteiger partial charge in [0, 0.05) is 18.7 Å². The van der Waals surface area contributed by atoms with Crippen molar-refractivity contribution in [1.29, 1.82) is 0 Å². The zero-order chi connectivity index (χ0) is 13.4. The average molecular weight is 265 g/mol. The molecule has 0 bridgehead atoms. The van der Waals surface area contributed by atoms with Crippen molar-refractivity contribution in [3.63, 3.8) is 0 Å². The number of carbonyl (C=O) groups is 1. The number of thiocarbonyl (C=S) groups is 1. The largest absolute Gasteiger partial charge is 0.389 e. The van der Waals surface area contributed by atoms with Crippen LogP contribution < -0.4 is 16.4 Å². The molecule has 1 aromatic carbocycles. The second kappa shape index (κ2) is 7.66. The Balaban J connectivity index is 2.41. The zero-order valence-electron chi connectivity index (χ0n) is 10.5. The van der Waals surface area contributed by atoms with E-state index in [9.17, 15) is 4.79 Å². The number of benzene rings is 1. The fourth-order valence-corrected chi connectivity index (χ4v) is 1.59. The molecule has 5 heteroatoms. The van der Waals surface area contributed by atoms with Crippen LogP contribution in [-0.2, 0) is 6.54 Å². The Morgan fingerprint density at radius 3 is 2.83 bits per heavy atom. The summed E-state index contributed by atoms with van der Waals surface area (Å²) in [7, 11) is 0. The van der Waals surface area contributed by atoms with Crippen LogP contribution in [0.5, 0.6) is 0 Å². The van der Waals surface area contributed by atoms with Crippen LogP contribution in [0.15, 0.2) is 24.3 Å². The number of nitrogens with one attached hydrogen (secondary N) is 2. The average Bonchev–Trinajstić information content (AvgIpc) is 2.37. The van der Waals surface area contributed by atoms with Gasteiger partial charge < -0.3 is 16.4 Å². The Kier molecular flexibility index (Phi) is 6.14. The molecule has 98 valence electrons. The van der Waals surface area contributed by atoms with Gasteiger partial charge in [0.15, 0.2) is 0 Å². The number of amides is 2. The predicted octanol–water partition coefficient (Wildman–Crippen LogP) is 1.92. The maximum absolute atomic E-state index is 11.4. The Hall–Kier alpha value is -1.62. The summed E-state index contributed by atoms with van der Waals surface area (Å²) in [5.41, 5.74) is 7.34. The fourth-order valence-electron chi connectivity index (χ4n) is 1.46. The third-order valence-electron chi connectivity index (χ3n) is 2.48. The first-order valence-corrected chi connectivity index (χ1v) is 6.44. The van der Waals surface area contributed by atoms with Crippen molar-refractivity contribution in [3.05, 3.63) is 35.4 Å². The normalized spacial score (nSPS) is 9.83. The lowest BCUT2D eigenvalue weighted by Gasteiger charge is -2.08. The van der Waals surface area contributed by atoms with E-state index in [2.05, 4.69) is 17.6 Å². The molecule has 0 unspecified atom stereocenters. The van der Waals surface area contributed by atoms with E-state index in [4.69, 9.17) is 18.0 Å². The van der Waals surface area contributed by atoms with Crippen LogP contribution in [0.4, 0.5) is 4.79 Å². The van der Waals surface area contributed by atoms with E-state index in [1.165, 1.54) is 0 Å². The van der Waals surface area contributed by atoms with Crippen LogP contribution in [0.2, 0.25) is 0 Å². The van der Waals surface area contributed by atoms with E-state index in [1.807, 2.05) is 24.3 Å². The van der Waals surface area contributed by atoms with Crippen molar-refractivity contribution in [3.8, 4) is 0 Å². The molecule has 1 aromatic rings. The molecule has 18 heavy (non-hydrogen) atoms.